The minimum atomic E-state index is -1.23. The highest BCUT2D eigenvalue weighted by molar-refractivity contribution is 5.85. The molecule has 1 saturated carbocycles. The minimum absolute atomic E-state index is 0. The van der Waals surface area contributed by atoms with Gasteiger partial charge < -0.3 is 19.8 Å². The number of aromatic nitrogens is 3. The van der Waals surface area contributed by atoms with Crippen molar-refractivity contribution in [2.75, 3.05) is 26.2 Å². The first-order valence-electron chi connectivity index (χ1n) is 13.3. The first kappa shape index (κ1) is 26.8. The lowest BCUT2D eigenvalue weighted by molar-refractivity contribution is -0.129. The molecule has 1 aliphatic carbocycles. The summed E-state index contributed by atoms with van der Waals surface area (Å²) < 4.78 is 5.65. The Kier molecular flexibility index (Phi) is 6.86. The van der Waals surface area contributed by atoms with Crippen LogP contribution >= 0.6 is 12.4 Å². The molecule has 2 aromatic heterocycles. The quantitative estimate of drug-likeness (QED) is 0.486. The van der Waals surface area contributed by atoms with Gasteiger partial charge in [0.05, 0.1) is 0 Å². The zero-order valence-electron chi connectivity index (χ0n) is 22.2. The second-order valence-electron chi connectivity index (χ2n) is 11.7. The molecule has 3 fully saturated rings. The predicted molar refractivity (Wildman–Crippen MR) is 146 cm³/mol. The van der Waals surface area contributed by atoms with Crippen molar-refractivity contribution in [1.82, 2.24) is 25.3 Å². The molecular formula is C29H36ClN5O3. The highest BCUT2D eigenvalue weighted by Gasteiger charge is 2.53. The van der Waals surface area contributed by atoms with E-state index in [-0.39, 0.29) is 35.1 Å². The van der Waals surface area contributed by atoms with Crippen LogP contribution in [-0.4, -0.2) is 57.2 Å². The molecule has 2 N–H and O–H groups in total. The van der Waals surface area contributed by atoms with Crippen LogP contribution in [0.4, 0.5) is 0 Å². The molecule has 202 valence electrons. The van der Waals surface area contributed by atoms with Gasteiger partial charge in [-0.2, -0.15) is 4.98 Å². The fourth-order valence-electron chi connectivity index (χ4n) is 5.93. The number of benzene rings is 1. The van der Waals surface area contributed by atoms with Crippen LogP contribution in [0.25, 0.3) is 11.4 Å². The number of hydrogen-bond donors (Lipinski definition) is 2. The summed E-state index contributed by atoms with van der Waals surface area (Å²) >= 11 is 0. The van der Waals surface area contributed by atoms with Gasteiger partial charge in [0, 0.05) is 68.0 Å². The summed E-state index contributed by atoms with van der Waals surface area (Å²) in [6.45, 7) is 8.83. The molecule has 0 bridgehead atoms. The topological polar surface area (TPSA) is 104 Å². The Bertz CT molecular complexity index is 1310. The number of aliphatic hydroxyl groups is 1. The van der Waals surface area contributed by atoms with Crippen molar-refractivity contribution in [2.45, 2.75) is 63.4 Å². The van der Waals surface area contributed by atoms with E-state index in [2.05, 4.69) is 53.6 Å². The van der Waals surface area contributed by atoms with Crippen LogP contribution in [0, 0.1) is 5.41 Å². The van der Waals surface area contributed by atoms with Crippen molar-refractivity contribution in [1.29, 1.82) is 0 Å². The van der Waals surface area contributed by atoms with Crippen LogP contribution in [0.3, 0.4) is 0 Å². The summed E-state index contributed by atoms with van der Waals surface area (Å²) in [6, 6.07) is 10.4. The third kappa shape index (κ3) is 4.42. The van der Waals surface area contributed by atoms with Crippen LogP contribution < -0.4 is 5.32 Å². The SMILES string of the molecule is CC(=O)N1CCC(c2nc(-c3cncc(C(O)(c4ccc(C5(C)CC5)cc4)C4(C)CNC4)c3)no2)CC1.Cl. The lowest BCUT2D eigenvalue weighted by atomic mass is 9.63. The number of carbonyl (C=O) groups excluding carboxylic acids is 1. The van der Waals surface area contributed by atoms with Crippen molar-refractivity contribution in [3.05, 3.63) is 65.3 Å². The van der Waals surface area contributed by atoms with Gasteiger partial charge in [0.25, 0.3) is 0 Å². The van der Waals surface area contributed by atoms with Gasteiger partial charge in [-0.1, -0.05) is 43.3 Å². The fourth-order valence-corrected chi connectivity index (χ4v) is 5.93. The highest BCUT2D eigenvalue weighted by Crippen LogP contribution is 2.50. The van der Waals surface area contributed by atoms with E-state index in [0.717, 1.165) is 24.0 Å². The lowest BCUT2D eigenvalue weighted by Gasteiger charge is -2.52. The number of nitrogens with one attached hydrogen (secondary N) is 1. The average molecular weight is 538 g/mol. The molecule has 1 unspecified atom stereocenters. The van der Waals surface area contributed by atoms with Crippen LogP contribution in [-0.2, 0) is 15.8 Å². The number of pyridine rings is 1. The fraction of sp³-hybridized carbons (Fsp3) is 0.517. The summed E-state index contributed by atoms with van der Waals surface area (Å²) in [5.41, 5.74) is 2.30. The van der Waals surface area contributed by atoms with Gasteiger partial charge in [0.1, 0.15) is 5.60 Å². The maximum Gasteiger partial charge on any atom is 0.230 e. The number of likely N-dealkylation sites (tertiary alicyclic amines) is 1. The van der Waals surface area contributed by atoms with E-state index >= 15 is 0 Å². The van der Waals surface area contributed by atoms with Crippen molar-refractivity contribution in [2.24, 2.45) is 5.41 Å². The van der Waals surface area contributed by atoms with Crippen LogP contribution in [0.15, 0.2) is 47.2 Å². The van der Waals surface area contributed by atoms with E-state index in [9.17, 15) is 9.90 Å². The van der Waals surface area contributed by atoms with Gasteiger partial charge in [-0.25, -0.2) is 0 Å². The molecule has 6 rings (SSSR count). The lowest BCUT2D eigenvalue weighted by Crippen LogP contribution is -2.63. The Hall–Kier alpha value is -2.81. The Labute approximate surface area is 229 Å². The van der Waals surface area contributed by atoms with Gasteiger partial charge in [0.15, 0.2) is 0 Å². The van der Waals surface area contributed by atoms with Crippen molar-refractivity contribution < 1.29 is 14.4 Å². The first-order valence-corrected chi connectivity index (χ1v) is 13.3. The Morgan fingerprint density at radius 2 is 1.79 bits per heavy atom. The van der Waals surface area contributed by atoms with Crippen LogP contribution in [0.1, 0.15) is 75.0 Å². The molecule has 38 heavy (non-hydrogen) atoms. The summed E-state index contributed by atoms with van der Waals surface area (Å²) in [5, 5.41) is 20.0. The van der Waals surface area contributed by atoms with E-state index in [1.807, 2.05) is 11.0 Å². The normalized spacial score (nSPS) is 21.6. The monoisotopic (exact) mass is 537 g/mol. The molecule has 2 saturated heterocycles. The maximum absolute atomic E-state index is 12.4. The first-order chi connectivity index (χ1) is 17.7. The second kappa shape index (κ2) is 9.74. The Balaban J connectivity index is 0.00000294. The molecule has 0 radical (unpaired) electrons. The molecule has 3 aromatic rings. The molecule has 4 heterocycles. The molecule has 1 amide bonds. The number of rotatable bonds is 6. The number of halogens is 1. The predicted octanol–water partition coefficient (Wildman–Crippen LogP) is 4.18. The third-order valence-corrected chi connectivity index (χ3v) is 9.05. The Morgan fingerprint density at radius 3 is 2.37 bits per heavy atom. The average Bonchev–Trinajstić information content (AvgIpc) is 3.46. The summed E-state index contributed by atoms with van der Waals surface area (Å²) in [7, 11) is 0. The molecular weight excluding hydrogens is 502 g/mol. The van der Waals surface area contributed by atoms with Gasteiger partial charge >= 0.3 is 0 Å². The van der Waals surface area contributed by atoms with E-state index in [4.69, 9.17) is 9.51 Å². The molecule has 8 nitrogen and oxygen atoms in total. The molecule has 9 heteroatoms. The van der Waals surface area contributed by atoms with Crippen molar-refractivity contribution in [3.8, 4) is 11.4 Å². The zero-order valence-corrected chi connectivity index (χ0v) is 23.1. The van der Waals surface area contributed by atoms with Crippen molar-refractivity contribution in [3.63, 3.8) is 0 Å². The molecule has 1 aromatic carbocycles. The highest BCUT2D eigenvalue weighted by atomic mass is 35.5. The maximum atomic E-state index is 12.4. The van der Waals surface area contributed by atoms with Gasteiger partial charge in [0.2, 0.25) is 17.6 Å². The number of amides is 1. The van der Waals surface area contributed by atoms with E-state index in [1.165, 1.54) is 18.4 Å². The van der Waals surface area contributed by atoms with E-state index in [1.54, 1.807) is 19.3 Å². The van der Waals surface area contributed by atoms with Gasteiger partial charge in [-0.3, -0.25) is 9.78 Å². The molecule has 2 aliphatic heterocycles. The van der Waals surface area contributed by atoms with Gasteiger partial charge in [-0.15, -0.1) is 12.4 Å². The summed E-state index contributed by atoms with van der Waals surface area (Å²) in [5.74, 6) is 1.30. The zero-order chi connectivity index (χ0) is 25.8. The number of nitrogens with zero attached hydrogens (tertiary/aromatic N) is 4. The van der Waals surface area contributed by atoms with Crippen molar-refractivity contribution >= 4 is 18.3 Å². The minimum Gasteiger partial charge on any atom is -0.380 e. The largest absolute Gasteiger partial charge is 0.380 e. The summed E-state index contributed by atoms with van der Waals surface area (Å²) in [4.78, 5) is 22.7. The molecule has 3 aliphatic rings. The number of hydrogen-bond acceptors (Lipinski definition) is 7. The molecule has 1 atom stereocenters. The second-order valence-corrected chi connectivity index (χ2v) is 11.7. The smallest absolute Gasteiger partial charge is 0.230 e. The Morgan fingerprint density at radius 1 is 1.11 bits per heavy atom. The van der Waals surface area contributed by atoms with Gasteiger partial charge in [-0.05, 0) is 48.3 Å². The standard InChI is InChI=1S/C29H35N5O3.ClH/c1-19(35)34-12-8-20(9-13-34)26-32-25(33-37-26)21-14-24(16-30-15-21)29(36,28(3)17-31-18-28)23-6-4-22(5-7-23)27(2)10-11-27;/h4-7,14-16,20,31,36H,8-13,17-18H2,1-3H3;1H. The number of carbonyl (C=O) groups is 1. The third-order valence-electron chi connectivity index (χ3n) is 9.05. The summed E-state index contributed by atoms with van der Waals surface area (Å²) in [6.07, 6.45) is 7.51. The van der Waals surface area contributed by atoms with E-state index in [0.29, 0.717) is 43.5 Å². The number of piperidine rings is 1. The molecule has 0 spiro atoms. The van der Waals surface area contributed by atoms with E-state index < -0.39 is 5.60 Å². The van der Waals surface area contributed by atoms with Crippen LogP contribution in [0.5, 0.6) is 0 Å². The van der Waals surface area contributed by atoms with Crippen LogP contribution in [0.2, 0.25) is 0 Å².